The van der Waals surface area contributed by atoms with Gasteiger partial charge in [0.25, 0.3) is 0 Å². The summed E-state index contributed by atoms with van der Waals surface area (Å²) < 4.78 is 11.8. The van der Waals surface area contributed by atoms with E-state index in [1.54, 1.807) is 16.7 Å². The molecule has 2 aromatic heterocycles. The van der Waals surface area contributed by atoms with Gasteiger partial charge >= 0.3 is 5.76 Å². The summed E-state index contributed by atoms with van der Waals surface area (Å²) in [6, 6.07) is 5.32. The van der Waals surface area contributed by atoms with Crippen molar-refractivity contribution >= 4 is 11.1 Å². The molecule has 20 heavy (non-hydrogen) atoms. The molecule has 0 radical (unpaired) electrons. The average Bonchev–Trinajstić information content (AvgIpc) is 3.00. The maximum Gasteiger partial charge on any atom is 0.420 e. The lowest BCUT2D eigenvalue weighted by molar-refractivity contribution is 0.380. The number of hydrogen-bond donors (Lipinski definition) is 1. The molecule has 3 rings (SSSR count). The number of nitrogens with zero attached hydrogens (tertiary/aromatic N) is 3. The molecule has 0 bridgehead atoms. The SMILES string of the molecule is CC(C)n1c(=O)oc2ccc(-c3noc(CN)n3)cc21. The first kappa shape index (κ1) is 12.6. The molecule has 0 aliphatic rings. The van der Waals surface area contributed by atoms with Crippen LogP contribution >= 0.6 is 0 Å². The molecule has 3 aromatic rings. The number of benzene rings is 1. The topological polar surface area (TPSA) is 100 Å². The molecule has 0 spiro atoms. The lowest BCUT2D eigenvalue weighted by atomic mass is 10.2. The number of nitrogens with two attached hydrogens (primary N) is 1. The van der Waals surface area contributed by atoms with Crippen molar-refractivity contribution in [2.75, 3.05) is 0 Å². The summed E-state index contributed by atoms with van der Waals surface area (Å²) in [4.78, 5) is 16.0. The molecular weight excluding hydrogens is 260 g/mol. The molecule has 0 unspecified atom stereocenters. The van der Waals surface area contributed by atoms with Crippen LogP contribution < -0.4 is 11.5 Å². The van der Waals surface area contributed by atoms with E-state index < -0.39 is 0 Å². The third-order valence-corrected chi connectivity index (χ3v) is 3.03. The molecule has 0 aliphatic carbocycles. The Hall–Kier alpha value is -2.41. The van der Waals surface area contributed by atoms with Gasteiger partial charge in [-0.1, -0.05) is 5.16 Å². The quantitative estimate of drug-likeness (QED) is 0.780. The highest BCUT2D eigenvalue weighted by Crippen LogP contribution is 2.23. The molecule has 2 N–H and O–H groups in total. The molecule has 7 nitrogen and oxygen atoms in total. The van der Waals surface area contributed by atoms with E-state index in [-0.39, 0.29) is 18.3 Å². The van der Waals surface area contributed by atoms with Crippen molar-refractivity contribution < 1.29 is 8.94 Å². The van der Waals surface area contributed by atoms with Crippen LogP contribution in [-0.2, 0) is 6.54 Å². The van der Waals surface area contributed by atoms with Gasteiger partial charge in [0.1, 0.15) is 0 Å². The van der Waals surface area contributed by atoms with Crippen molar-refractivity contribution in [1.29, 1.82) is 0 Å². The van der Waals surface area contributed by atoms with Crippen LogP contribution in [0.4, 0.5) is 0 Å². The molecule has 2 heterocycles. The number of fused-ring (bicyclic) bond motifs is 1. The third-order valence-electron chi connectivity index (χ3n) is 3.03. The van der Waals surface area contributed by atoms with E-state index in [0.29, 0.717) is 22.8 Å². The third kappa shape index (κ3) is 1.92. The van der Waals surface area contributed by atoms with Crippen LogP contribution in [0.2, 0.25) is 0 Å². The smallest absolute Gasteiger partial charge is 0.408 e. The number of hydrogen-bond acceptors (Lipinski definition) is 6. The number of rotatable bonds is 3. The highest BCUT2D eigenvalue weighted by molar-refractivity contribution is 5.79. The fourth-order valence-electron chi connectivity index (χ4n) is 2.12. The molecule has 1 aromatic carbocycles. The second-order valence-corrected chi connectivity index (χ2v) is 4.73. The van der Waals surface area contributed by atoms with Crippen LogP contribution in [0.15, 0.2) is 31.9 Å². The monoisotopic (exact) mass is 274 g/mol. The zero-order valence-corrected chi connectivity index (χ0v) is 11.2. The van der Waals surface area contributed by atoms with Gasteiger partial charge in [-0.2, -0.15) is 4.98 Å². The van der Waals surface area contributed by atoms with E-state index >= 15 is 0 Å². The summed E-state index contributed by atoms with van der Waals surface area (Å²) in [5, 5.41) is 3.86. The van der Waals surface area contributed by atoms with Crippen molar-refractivity contribution in [3.8, 4) is 11.4 Å². The van der Waals surface area contributed by atoms with Gasteiger partial charge in [0.05, 0.1) is 12.1 Å². The Labute approximate surface area is 114 Å². The second kappa shape index (κ2) is 4.61. The Kier molecular flexibility index (Phi) is 2.90. The molecule has 7 heteroatoms. The maximum absolute atomic E-state index is 11.8. The van der Waals surface area contributed by atoms with E-state index in [2.05, 4.69) is 10.1 Å². The van der Waals surface area contributed by atoms with Gasteiger partial charge in [-0.05, 0) is 32.0 Å². The van der Waals surface area contributed by atoms with Crippen molar-refractivity contribution in [2.24, 2.45) is 5.73 Å². The molecular formula is C13H14N4O3. The van der Waals surface area contributed by atoms with Gasteiger partial charge in [-0.3, -0.25) is 4.57 Å². The van der Waals surface area contributed by atoms with E-state index in [4.69, 9.17) is 14.7 Å². The summed E-state index contributed by atoms with van der Waals surface area (Å²) in [5.41, 5.74) is 7.44. The Morgan fingerprint density at radius 1 is 1.40 bits per heavy atom. The van der Waals surface area contributed by atoms with Gasteiger partial charge in [-0.25, -0.2) is 4.79 Å². The van der Waals surface area contributed by atoms with E-state index in [1.807, 2.05) is 19.9 Å². The second-order valence-electron chi connectivity index (χ2n) is 4.73. The minimum atomic E-state index is -0.372. The van der Waals surface area contributed by atoms with Crippen LogP contribution in [-0.4, -0.2) is 14.7 Å². The van der Waals surface area contributed by atoms with E-state index in [1.165, 1.54) is 0 Å². The van der Waals surface area contributed by atoms with Crippen LogP contribution in [0.5, 0.6) is 0 Å². The number of oxazole rings is 1. The van der Waals surface area contributed by atoms with Gasteiger partial charge in [0.2, 0.25) is 11.7 Å². The standard InChI is InChI=1S/C13H14N4O3/c1-7(2)17-9-5-8(3-4-10(9)19-13(17)18)12-15-11(6-14)20-16-12/h3-5,7H,6,14H2,1-2H3. The fraction of sp³-hybridized carbons (Fsp3) is 0.308. The van der Waals surface area contributed by atoms with Crippen LogP contribution in [0.1, 0.15) is 25.8 Å². The summed E-state index contributed by atoms with van der Waals surface area (Å²) in [6.45, 7) is 4.03. The first-order valence-corrected chi connectivity index (χ1v) is 6.28. The van der Waals surface area contributed by atoms with Crippen LogP contribution in [0.25, 0.3) is 22.5 Å². The normalized spacial score (nSPS) is 11.6. The first-order chi connectivity index (χ1) is 9.60. The molecule has 0 fully saturated rings. The van der Waals surface area contributed by atoms with Crippen LogP contribution in [0.3, 0.4) is 0 Å². The molecule has 0 saturated carbocycles. The lowest BCUT2D eigenvalue weighted by Gasteiger charge is -2.05. The van der Waals surface area contributed by atoms with Crippen molar-refractivity contribution in [3.05, 3.63) is 34.6 Å². The summed E-state index contributed by atoms with van der Waals surface area (Å²) in [5.74, 6) is 0.438. The van der Waals surface area contributed by atoms with Gasteiger partial charge in [0.15, 0.2) is 5.58 Å². The molecule has 0 amide bonds. The van der Waals surface area contributed by atoms with Crippen molar-refractivity contribution in [2.45, 2.75) is 26.4 Å². The highest BCUT2D eigenvalue weighted by atomic mass is 16.5. The fourth-order valence-corrected chi connectivity index (χ4v) is 2.12. The first-order valence-electron chi connectivity index (χ1n) is 6.28. The molecule has 0 saturated heterocycles. The Balaban J connectivity index is 2.18. The minimum Gasteiger partial charge on any atom is -0.408 e. The van der Waals surface area contributed by atoms with E-state index in [0.717, 1.165) is 5.56 Å². The minimum absolute atomic E-state index is 0.00358. The van der Waals surface area contributed by atoms with Crippen molar-refractivity contribution in [1.82, 2.24) is 14.7 Å². The molecule has 104 valence electrons. The van der Waals surface area contributed by atoms with Gasteiger partial charge in [0, 0.05) is 11.6 Å². The van der Waals surface area contributed by atoms with Gasteiger partial charge in [-0.15, -0.1) is 0 Å². The number of aromatic nitrogens is 3. The largest absolute Gasteiger partial charge is 0.420 e. The molecule has 0 aliphatic heterocycles. The van der Waals surface area contributed by atoms with E-state index in [9.17, 15) is 4.79 Å². The highest BCUT2D eigenvalue weighted by Gasteiger charge is 2.14. The lowest BCUT2D eigenvalue weighted by Crippen LogP contribution is -2.15. The predicted molar refractivity (Wildman–Crippen MR) is 72.0 cm³/mol. The van der Waals surface area contributed by atoms with Crippen LogP contribution in [0, 0.1) is 0 Å². The predicted octanol–water partition coefficient (Wildman–Crippen LogP) is 1.68. The van der Waals surface area contributed by atoms with Crippen molar-refractivity contribution in [3.63, 3.8) is 0 Å². The summed E-state index contributed by atoms with van der Waals surface area (Å²) in [7, 11) is 0. The Morgan fingerprint density at radius 3 is 2.85 bits per heavy atom. The molecule has 0 atom stereocenters. The zero-order valence-electron chi connectivity index (χ0n) is 11.2. The maximum atomic E-state index is 11.8. The zero-order chi connectivity index (χ0) is 14.3. The average molecular weight is 274 g/mol. The Bertz CT molecular complexity index is 812. The summed E-state index contributed by atoms with van der Waals surface area (Å²) in [6.07, 6.45) is 0. The van der Waals surface area contributed by atoms with Gasteiger partial charge < -0.3 is 14.7 Å². The summed E-state index contributed by atoms with van der Waals surface area (Å²) >= 11 is 0. The Morgan fingerprint density at radius 2 is 2.20 bits per heavy atom.